The summed E-state index contributed by atoms with van der Waals surface area (Å²) in [4.78, 5) is 7.57. The van der Waals surface area contributed by atoms with Gasteiger partial charge in [0, 0.05) is 5.56 Å². The van der Waals surface area contributed by atoms with Gasteiger partial charge in [0.25, 0.3) is 0 Å². The lowest BCUT2D eigenvalue weighted by molar-refractivity contribution is 0.242. The molecule has 0 fully saturated rings. The summed E-state index contributed by atoms with van der Waals surface area (Å²) in [5.74, 6) is 1.28. The quantitative estimate of drug-likeness (QED) is 0.776. The van der Waals surface area contributed by atoms with Crippen LogP contribution in [-0.4, -0.2) is 16.1 Å². The van der Waals surface area contributed by atoms with Crippen LogP contribution in [0.2, 0.25) is 0 Å². The van der Waals surface area contributed by atoms with Gasteiger partial charge in [-0.1, -0.05) is 0 Å². The molecule has 0 spiro atoms. The van der Waals surface area contributed by atoms with E-state index < -0.39 is 0 Å². The lowest BCUT2D eigenvalue weighted by Gasteiger charge is -2.09. The molecule has 0 radical (unpaired) electrons. The van der Waals surface area contributed by atoms with Crippen molar-refractivity contribution >= 4 is 11.0 Å². The van der Waals surface area contributed by atoms with Crippen LogP contribution in [0.4, 0.5) is 4.39 Å². The largest absolute Gasteiger partial charge is 0.491 e. The van der Waals surface area contributed by atoms with Crippen LogP contribution in [0.3, 0.4) is 0 Å². The van der Waals surface area contributed by atoms with Crippen molar-refractivity contribution in [3.05, 3.63) is 48.3 Å². The van der Waals surface area contributed by atoms with Crippen LogP contribution in [0.15, 0.2) is 42.5 Å². The number of hydrogen-bond donors (Lipinski definition) is 1. The molecule has 3 rings (SSSR count). The Morgan fingerprint density at radius 2 is 1.85 bits per heavy atom. The Bertz CT molecular complexity index is 732. The number of halogens is 1. The van der Waals surface area contributed by atoms with E-state index in [2.05, 4.69) is 9.97 Å². The fourth-order valence-electron chi connectivity index (χ4n) is 2.08. The molecule has 0 amide bonds. The smallest absolute Gasteiger partial charge is 0.138 e. The third-order valence-corrected chi connectivity index (χ3v) is 2.94. The average molecular weight is 270 g/mol. The first-order valence-corrected chi connectivity index (χ1v) is 6.54. The molecule has 0 bridgehead atoms. The van der Waals surface area contributed by atoms with Crippen molar-refractivity contribution in [3.63, 3.8) is 0 Å². The third-order valence-electron chi connectivity index (χ3n) is 2.94. The van der Waals surface area contributed by atoms with E-state index in [4.69, 9.17) is 4.74 Å². The van der Waals surface area contributed by atoms with Crippen molar-refractivity contribution in [2.75, 3.05) is 0 Å². The Balaban J connectivity index is 1.94. The Labute approximate surface area is 116 Å². The fourth-order valence-corrected chi connectivity index (χ4v) is 2.08. The highest BCUT2D eigenvalue weighted by atomic mass is 19.1. The predicted octanol–water partition coefficient (Wildman–Crippen LogP) is 4.16. The molecule has 0 unspecified atom stereocenters. The molecule has 0 aliphatic carbocycles. The maximum atomic E-state index is 13.2. The molecule has 1 aromatic heterocycles. The Morgan fingerprint density at radius 1 is 1.10 bits per heavy atom. The maximum Gasteiger partial charge on any atom is 0.138 e. The number of benzene rings is 2. The van der Waals surface area contributed by atoms with Gasteiger partial charge >= 0.3 is 0 Å². The second kappa shape index (κ2) is 4.96. The lowest BCUT2D eigenvalue weighted by atomic mass is 10.2. The molecule has 1 N–H and O–H groups in total. The standard InChI is InChI=1S/C16H15FN2O/c1-10(2)20-13-6-3-11(4-7-13)16-18-14-8-5-12(17)9-15(14)19-16/h3-10H,1-2H3,(H,18,19). The van der Waals surface area contributed by atoms with Crippen LogP contribution in [-0.2, 0) is 0 Å². The van der Waals surface area contributed by atoms with Gasteiger partial charge in [0.2, 0.25) is 0 Å². The van der Waals surface area contributed by atoms with Crippen molar-refractivity contribution in [2.45, 2.75) is 20.0 Å². The molecule has 20 heavy (non-hydrogen) atoms. The first-order valence-electron chi connectivity index (χ1n) is 6.54. The van der Waals surface area contributed by atoms with Gasteiger partial charge in [-0.2, -0.15) is 0 Å². The van der Waals surface area contributed by atoms with E-state index in [1.54, 1.807) is 6.07 Å². The van der Waals surface area contributed by atoms with E-state index in [1.165, 1.54) is 12.1 Å². The number of aromatic nitrogens is 2. The molecule has 4 heteroatoms. The summed E-state index contributed by atoms with van der Waals surface area (Å²) in [6.07, 6.45) is 0.148. The topological polar surface area (TPSA) is 37.9 Å². The molecule has 0 atom stereocenters. The summed E-state index contributed by atoms with van der Waals surface area (Å²) in [7, 11) is 0. The fraction of sp³-hybridized carbons (Fsp3) is 0.188. The number of hydrogen-bond acceptors (Lipinski definition) is 2. The monoisotopic (exact) mass is 270 g/mol. The van der Waals surface area contributed by atoms with Crippen LogP contribution >= 0.6 is 0 Å². The Kier molecular flexibility index (Phi) is 3.14. The third kappa shape index (κ3) is 2.50. The zero-order valence-corrected chi connectivity index (χ0v) is 11.4. The summed E-state index contributed by atoms with van der Waals surface area (Å²) in [6, 6.07) is 12.2. The van der Waals surface area contributed by atoms with Crippen molar-refractivity contribution in [2.24, 2.45) is 0 Å². The number of ether oxygens (including phenoxy) is 1. The second-order valence-electron chi connectivity index (χ2n) is 4.94. The molecular weight excluding hydrogens is 255 g/mol. The molecule has 2 aromatic carbocycles. The summed E-state index contributed by atoms with van der Waals surface area (Å²) < 4.78 is 18.8. The summed E-state index contributed by atoms with van der Waals surface area (Å²) in [6.45, 7) is 3.98. The minimum atomic E-state index is -0.270. The molecule has 102 valence electrons. The first-order chi connectivity index (χ1) is 9.61. The maximum absolute atomic E-state index is 13.2. The summed E-state index contributed by atoms with van der Waals surface area (Å²) in [5, 5.41) is 0. The van der Waals surface area contributed by atoms with E-state index in [0.717, 1.165) is 22.7 Å². The molecule has 0 saturated heterocycles. The van der Waals surface area contributed by atoms with Gasteiger partial charge in [-0.3, -0.25) is 0 Å². The van der Waals surface area contributed by atoms with E-state index in [1.807, 2.05) is 38.1 Å². The minimum Gasteiger partial charge on any atom is -0.491 e. The van der Waals surface area contributed by atoms with Gasteiger partial charge in [0.15, 0.2) is 0 Å². The molecule has 3 aromatic rings. The van der Waals surface area contributed by atoms with Crippen LogP contribution < -0.4 is 4.74 Å². The van der Waals surface area contributed by atoms with Crippen LogP contribution in [0, 0.1) is 5.82 Å². The molecule has 0 saturated carbocycles. The lowest BCUT2D eigenvalue weighted by Crippen LogP contribution is -2.05. The number of fused-ring (bicyclic) bond motifs is 1. The van der Waals surface area contributed by atoms with Gasteiger partial charge in [0.1, 0.15) is 17.4 Å². The molecule has 3 nitrogen and oxygen atoms in total. The zero-order chi connectivity index (χ0) is 14.1. The van der Waals surface area contributed by atoms with Gasteiger partial charge in [-0.25, -0.2) is 9.37 Å². The van der Waals surface area contributed by atoms with Crippen molar-refractivity contribution < 1.29 is 9.13 Å². The molecule has 1 heterocycles. The number of H-pyrrole nitrogens is 1. The number of nitrogens with zero attached hydrogens (tertiary/aromatic N) is 1. The van der Waals surface area contributed by atoms with Gasteiger partial charge in [-0.15, -0.1) is 0 Å². The summed E-state index contributed by atoms with van der Waals surface area (Å²) in [5.41, 5.74) is 2.39. The zero-order valence-electron chi connectivity index (χ0n) is 11.4. The molecule has 0 aliphatic heterocycles. The Morgan fingerprint density at radius 3 is 2.55 bits per heavy atom. The number of aromatic amines is 1. The first kappa shape index (κ1) is 12.7. The van der Waals surface area contributed by atoms with Gasteiger partial charge < -0.3 is 9.72 Å². The summed E-state index contributed by atoms with van der Waals surface area (Å²) >= 11 is 0. The normalized spacial score (nSPS) is 11.2. The highest BCUT2D eigenvalue weighted by molar-refractivity contribution is 5.79. The molecule has 0 aliphatic rings. The van der Waals surface area contributed by atoms with Crippen LogP contribution in [0.25, 0.3) is 22.4 Å². The van der Waals surface area contributed by atoms with Gasteiger partial charge in [0.05, 0.1) is 17.1 Å². The highest BCUT2D eigenvalue weighted by Crippen LogP contribution is 2.23. The average Bonchev–Trinajstić information content (AvgIpc) is 2.81. The SMILES string of the molecule is CC(C)Oc1ccc(-c2nc3ccc(F)cc3[nH]2)cc1. The van der Waals surface area contributed by atoms with E-state index in [-0.39, 0.29) is 11.9 Å². The second-order valence-corrected chi connectivity index (χ2v) is 4.94. The predicted molar refractivity (Wildman–Crippen MR) is 77.3 cm³/mol. The number of rotatable bonds is 3. The molecular formula is C16H15FN2O. The Hall–Kier alpha value is -2.36. The van der Waals surface area contributed by atoms with E-state index in [9.17, 15) is 4.39 Å². The van der Waals surface area contributed by atoms with Gasteiger partial charge in [-0.05, 0) is 56.3 Å². The van der Waals surface area contributed by atoms with Crippen molar-refractivity contribution in [1.29, 1.82) is 0 Å². The van der Waals surface area contributed by atoms with Crippen LogP contribution in [0.1, 0.15) is 13.8 Å². The van der Waals surface area contributed by atoms with Crippen molar-refractivity contribution in [1.82, 2.24) is 9.97 Å². The highest BCUT2D eigenvalue weighted by Gasteiger charge is 2.06. The van der Waals surface area contributed by atoms with Crippen molar-refractivity contribution in [3.8, 4) is 17.1 Å². The number of imidazole rings is 1. The number of nitrogens with one attached hydrogen (secondary N) is 1. The van der Waals surface area contributed by atoms with Crippen LogP contribution in [0.5, 0.6) is 5.75 Å². The minimum absolute atomic E-state index is 0.148. The van der Waals surface area contributed by atoms with E-state index in [0.29, 0.717) is 5.52 Å². The van der Waals surface area contributed by atoms with E-state index >= 15 is 0 Å².